The number of anilines is 1. The summed E-state index contributed by atoms with van der Waals surface area (Å²) in [6.45, 7) is 4.14. The Hall–Kier alpha value is -0.590. The summed E-state index contributed by atoms with van der Waals surface area (Å²) >= 11 is 6.92. The van der Waals surface area contributed by atoms with Crippen LogP contribution in [0.15, 0.2) is 21.1 Å². The van der Waals surface area contributed by atoms with Crippen molar-refractivity contribution >= 4 is 43.5 Å². The van der Waals surface area contributed by atoms with Gasteiger partial charge in [0.05, 0.1) is 30.6 Å². The largest absolute Gasteiger partial charge is 0.465 e. The third-order valence-corrected chi connectivity index (χ3v) is 4.59. The zero-order chi connectivity index (χ0) is 15.6. The van der Waals surface area contributed by atoms with Crippen molar-refractivity contribution in [3.63, 3.8) is 0 Å². The topological polar surface area (TPSA) is 47.6 Å². The van der Waals surface area contributed by atoms with Crippen LogP contribution in [-0.2, 0) is 9.47 Å². The van der Waals surface area contributed by atoms with Gasteiger partial charge in [0.15, 0.2) is 0 Å². The summed E-state index contributed by atoms with van der Waals surface area (Å²) in [7, 11) is 1.39. The van der Waals surface area contributed by atoms with E-state index in [1.807, 2.05) is 6.07 Å². The van der Waals surface area contributed by atoms with Crippen molar-refractivity contribution < 1.29 is 14.3 Å². The molecule has 1 saturated heterocycles. The van der Waals surface area contributed by atoms with Gasteiger partial charge < -0.3 is 14.8 Å². The van der Waals surface area contributed by atoms with Crippen LogP contribution in [0.1, 0.15) is 37.0 Å². The molecule has 0 amide bonds. The number of halogens is 2. The zero-order valence-electron chi connectivity index (χ0n) is 12.3. The zero-order valence-corrected chi connectivity index (χ0v) is 15.5. The van der Waals surface area contributed by atoms with Gasteiger partial charge in [0.25, 0.3) is 0 Å². The number of rotatable bonds is 3. The summed E-state index contributed by atoms with van der Waals surface area (Å²) in [6.07, 6.45) is 2.24. The van der Waals surface area contributed by atoms with E-state index < -0.39 is 0 Å². The average Bonchev–Trinajstić information content (AvgIpc) is 2.39. The first-order valence-electron chi connectivity index (χ1n) is 6.90. The molecule has 0 spiro atoms. The Bertz CT molecular complexity index is 526. The molecule has 1 fully saturated rings. The van der Waals surface area contributed by atoms with Crippen LogP contribution in [0.3, 0.4) is 0 Å². The molecule has 1 heterocycles. The van der Waals surface area contributed by atoms with Crippen molar-refractivity contribution in [3.05, 3.63) is 26.6 Å². The van der Waals surface area contributed by atoms with Crippen LogP contribution < -0.4 is 5.32 Å². The van der Waals surface area contributed by atoms with E-state index in [1.165, 1.54) is 7.11 Å². The maximum absolute atomic E-state index is 12.0. The first-order valence-corrected chi connectivity index (χ1v) is 8.48. The molecular weight excluding hydrogens is 402 g/mol. The molecule has 21 heavy (non-hydrogen) atoms. The lowest BCUT2D eigenvalue weighted by molar-refractivity contribution is -0.0337. The van der Waals surface area contributed by atoms with Crippen molar-refractivity contribution in [2.75, 3.05) is 12.4 Å². The van der Waals surface area contributed by atoms with Crippen LogP contribution in [0.4, 0.5) is 5.69 Å². The highest BCUT2D eigenvalue weighted by atomic mass is 79.9. The minimum Gasteiger partial charge on any atom is -0.465 e. The van der Waals surface area contributed by atoms with Crippen LogP contribution >= 0.6 is 31.9 Å². The Morgan fingerprint density at radius 1 is 1.29 bits per heavy atom. The lowest BCUT2D eigenvalue weighted by atomic mass is 9.99. The highest BCUT2D eigenvalue weighted by Gasteiger charge is 2.26. The molecule has 1 aromatic carbocycles. The van der Waals surface area contributed by atoms with Crippen LogP contribution in [0, 0.1) is 0 Å². The first-order chi connectivity index (χ1) is 9.90. The SMILES string of the molecule is COC(=O)c1cc(Br)cc(Br)c1NC1CC(C)OC(C)C1. The summed E-state index contributed by atoms with van der Waals surface area (Å²) in [4.78, 5) is 12.0. The highest BCUT2D eigenvalue weighted by molar-refractivity contribution is 9.11. The number of carbonyl (C=O) groups is 1. The Balaban J connectivity index is 2.28. The molecule has 0 aliphatic carbocycles. The van der Waals surface area contributed by atoms with Gasteiger partial charge in [0, 0.05) is 15.0 Å². The normalized spacial score (nSPS) is 25.5. The maximum Gasteiger partial charge on any atom is 0.340 e. The number of esters is 1. The fourth-order valence-electron chi connectivity index (χ4n) is 2.72. The minimum absolute atomic E-state index is 0.210. The van der Waals surface area contributed by atoms with E-state index in [4.69, 9.17) is 9.47 Å². The molecule has 0 bridgehead atoms. The molecule has 2 atom stereocenters. The molecule has 1 N–H and O–H groups in total. The fourth-order valence-corrected chi connectivity index (χ4v) is 4.06. The van der Waals surface area contributed by atoms with E-state index >= 15 is 0 Å². The van der Waals surface area contributed by atoms with Crippen molar-refractivity contribution in [2.45, 2.75) is 44.9 Å². The lowest BCUT2D eigenvalue weighted by Crippen LogP contribution is -2.37. The predicted molar refractivity (Wildman–Crippen MR) is 89.8 cm³/mol. The standard InChI is InChI=1S/C15H19Br2NO3/c1-8-4-11(5-9(2)21-8)18-14-12(15(19)20-3)6-10(16)7-13(14)17/h6-9,11,18H,4-5H2,1-3H3. The number of hydrogen-bond acceptors (Lipinski definition) is 4. The number of ether oxygens (including phenoxy) is 2. The van der Waals surface area contributed by atoms with Gasteiger partial charge in [-0.3, -0.25) is 0 Å². The maximum atomic E-state index is 12.0. The lowest BCUT2D eigenvalue weighted by Gasteiger charge is -2.33. The van der Waals surface area contributed by atoms with Gasteiger partial charge in [-0.25, -0.2) is 4.79 Å². The molecule has 4 nitrogen and oxygen atoms in total. The third-order valence-electron chi connectivity index (χ3n) is 3.51. The number of nitrogens with one attached hydrogen (secondary N) is 1. The van der Waals surface area contributed by atoms with E-state index in [2.05, 4.69) is 51.0 Å². The molecule has 0 radical (unpaired) electrons. The molecular formula is C15H19Br2NO3. The van der Waals surface area contributed by atoms with Gasteiger partial charge >= 0.3 is 5.97 Å². The van der Waals surface area contributed by atoms with Crippen LogP contribution in [0.25, 0.3) is 0 Å². The first kappa shape index (κ1) is 16.8. The second kappa shape index (κ2) is 7.11. The Morgan fingerprint density at radius 3 is 2.48 bits per heavy atom. The molecule has 1 aliphatic rings. The molecule has 0 aromatic heterocycles. The summed E-state index contributed by atoms with van der Waals surface area (Å²) in [5, 5.41) is 3.47. The van der Waals surface area contributed by atoms with Crippen LogP contribution in [-0.4, -0.2) is 31.3 Å². The summed E-state index contributed by atoms with van der Waals surface area (Å²) in [6, 6.07) is 3.95. The van der Waals surface area contributed by atoms with Crippen LogP contribution in [0.2, 0.25) is 0 Å². The summed E-state index contributed by atoms with van der Waals surface area (Å²) in [5.74, 6) is -0.354. The highest BCUT2D eigenvalue weighted by Crippen LogP contribution is 2.33. The molecule has 1 aromatic rings. The van der Waals surface area contributed by atoms with Gasteiger partial charge in [0.1, 0.15) is 0 Å². The van der Waals surface area contributed by atoms with Gasteiger partial charge in [0.2, 0.25) is 0 Å². The predicted octanol–water partition coefficient (Wildman–Crippen LogP) is 4.37. The molecule has 1 aliphatic heterocycles. The molecule has 2 unspecified atom stereocenters. The second-order valence-corrected chi connectivity index (χ2v) is 7.14. The van der Waals surface area contributed by atoms with E-state index in [1.54, 1.807) is 6.07 Å². The molecule has 2 rings (SSSR count). The molecule has 116 valence electrons. The van der Waals surface area contributed by atoms with E-state index in [9.17, 15) is 4.79 Å². The quantitative estimate of drug-likeness (QED) is 0.737. The third kappa shape index (κ3) is 4.20. The van der Waals surface area contributed by atoms with E-state index in [-0.39, 0.29) is 24.2 Å². The van der Waals surface area contributed by atoms with E-state index in [0.29, 0.717) is 5.56 Å². The van der Waals surface area contributed by atoms with E-state index in [0.717, 1.165) is 27.5 Å². The summed E-state index contributed by atoms with van der Waals surface area (Å²) in [5.41, 5.74) is 1.29. The van der Waals surface area contributed by atoms with Crippen molar-refractivity contribution in [3.8, 4) is 0 Å². The van der Waals surface area contributed by atoms with Gasteiger partial charge in [-0.15, -0.1) is 0 Å². The fraction of sp³-hybridized carbons (Fsp3) is 0.533. The minimum atomic E-state index is -0.354. The van der Waals surface area contributed by atoms with Crippen molar-refractivity contribution in [2.24, 2.45) is 0 Å². The Morgan fingerprint density at radius 2 is 1.90 bits per heavy atom. The average molecular weight is 421 g/mol. The Labute approximate surface area is 141 Å². The second-order valence-electron chi connectivity index (χ2n) is 5.37. The molecule has 0 saturated carbocycles. The van der Waals surface area contributed by atoms with Gasteiger partial charge in [-0.2, -0.15) is 0 Å². The van der Waals surface area contributed by atoms with Crippen LogP contribution in [0.5, 0.6) is 0 Å². The number of methoxy groups -OCH3 is 1. The molecule has 6 heteroatoms. The number of benzene rings is 1. The van der Waals surface area contributed by atoms with Gasteiger partial charge in [-0.05, 0) is 54.8 Å². The Kier molecular flexibility index (Phi) is 5.68. The van der Waals surface area contributed by atoms with Crippen molar-refractivity contribution in [1.29, 1.82) is 0 Å². The number of hydrogen-bond donors (Lipinski definition) is 1. The summed E-state index contributed by atoms with van der Waals surface area (Å²) < 4.78 is 12.3. The van der Waals surface area contributed by atoms with Gasteiger partial charge in [-0.1, -0.05) is 15.9 Å². The van der Waals surface area contributed by atoms with Crippen molar-refractivity contribution in [1.82, 2.24) is 0 Å². The number of carbonyl (C=O) groups excluding carboxylic acids is 1. The smallest absolute Gasteiger partial charge is 0.340 e. The monoisotopic (exact) mass is 419 g/mol.